The van der Waals surface area contributed by atoms with Crippen LogP contribution in [0.1, 0.15) is 40.0 Å². The Labute approximate surface area is 122 Å². The summed E-state index contributed by atoms with van der Waals surface area (Å²) in [5.41, 5.74) is 0.706. The zero-order valence-electron chi connectivity index (χ0n) is 13.1. The molecule has 0 aromatic carbocycles. The van der Waals surface area contributed by atoms with E-state index in [1.54, 1.807) is 0 Å². The van der Waals surface area contributed by atoms with E-state index in [2.05, 4.69) is 26.1 Å². The van der Waals surface area contributed by atoms with Crippen molar-refractivity contribution in [3.8, 4) is 0 Å². The van der Waals surface area contributed by atoms with Gasteiger partial charge in [-0.2, -0.15) is 0 Å². The number of rotatable bonds is 3. The molecule has 0 aromatic heterocycles. The molecule has 1 heterocycles. The van der Waals surface area contributed by atoms with Crippen molar-refractivity contribution in [2.24, 2.45) is 16.7 Å². The standard InChI is InChI=1S/C16H28N2O2/c1-15(2)12-4-5-16(3,10-12)14(15)17-11-13(19)18-6-8-20-9-7-18/h12,14,17H,4-11H2,1-3H3. The summed E-state index contributed by atoms with van der Waals surface area (Å²) in [6.07, 6.45) is 3.99. The molecule has 114 valence electrons. The van der Waals surface area contributed by atoms with Crippen molar-refractivity contribution in [2.75, 3.05) is 32.8 Å². The maximum Gasteiger partial charge on any atom is 0.236 e. The van der Waals surface area contributed by atoms with Crippen LogP contribution in [0.25, 0.3) is 0 Å². The Bertz CT molecular complexity index is 385. The molecule has 0 spiro atoms. The van der Waals surface area contributed by atoms with Gasteiger partial charge in [0.2, 0.25) is 5.91 Å². The first-order chi connectivity index (χ1) is 9.43. The molecule has 1 saturated heterocycles. The minimum Gasteiger partial charge on any atom is -0.378 e. The maximum atomic E-state index is 12.3. The van der Waals surface area contributed by atoms with Gasteiger partial charge in [0.1, 0.15) is 0 Å². The van der Waals surface area contributed by atoms with Gasteiger partial charge in [-0.3, -0.25) is 4.79 Å². The lowest BCUT2D eigenvalue weighted by atomic mass is 9.68. The van der Waals surface area contributed by atoms with Gasteiger partial charge in [0.15, 0.2) is 0 Å². The van der Waals surface area contributed by atoms with Crippen LogP contribution in [0.4, 0.5) is 0 Å². The SMILES string of the molecule is CC12CCC(C1)C(C)(C)C2NCC(=O)N1CCOCC1. The van der Waals surface area contributed by atoms with Crippen LogP contribution >= 0.6 is 0 Å². The highest BCUT2D eigenvalue weighted by molar-refractivity contribution is 5.78. The van der Waals surface area contributed by atoms with Gasteiger partial charge in [-0.1, -0.05) is 20.8 Å². The van der Waals surface area contributed by atoms with Crippen LogP contribution in [0, 0.1) is 16.7 Å². The van der Waals surface area contributed by atoms with Crippen LogP contribution in [-0.2, 0) is 9.53 Å². The number of ether oxygens (including phenoxy) is 1. The first kappa shape index (κ1) is 14.3. The van der Waals surface area contributed by atoms with Crippen LogP contribution in [-0.4, -0.2) is 49.7 Å². The fourth-order valence-electron chi connectivity index (χ4n) is 4.93. The van der Waals surface area contributed by atoms with E-state index in [9.17, 15) is 4.79 Å². The van der Waals surface area contributed by atoms with Gasteiger partial charge < -0.3 is 15.0 Å². The fraction of sp³-hybridized carbons (Fsp3) is 0.938. The minimum absolute atomic E-state index is 0.232. The van der Waals surface area contributed by atoms with Crippen molar-refractivity contribution in [1.29, 1.82) is 0 Å². The number of nitrogens with zero attached hydrogens (tertiary/aromatic N) is 1. The van der Waals surface area contributed by atoms with E-state index >= 15 is 0 Å². The zero-order chi connectivity index (χ0) is 14.4. The van der Waals surface area contributed by atoms with E-state index in [4.69, 9.17) is 4.74 Å². The first-order valence-corrected chi connectivity index (χ1v) is 8.02. The summed E-state index contributed by atoms with van der Waals surface area (Å²) < 4.78 is 5.30. The Balaban J connectivity index is 1.59. The second kappa shape index (κ2) is 4.99. The molecule has 4 heteroatoms. The molecule has 3 fully saturated rings. The summed E-state index contributed by atoms with van der Waals surface area (Å²) in [6.45, 7) is 10.5. The number of hydrogen-bond donors (Lipinski definition) is 1. The molecule has 1 aliphatic heterocycles. The Morgan fingerprint density at radius 3 is 2.60 bits per heavy atom. The van der Waals surface area contributed by atoms with Crippen molar-refractivity contribution >= 4 is 5.91 Å². The van der Waals surface area contributed by atoms with Crippen molar-refractivity contribution in [3.05, 3.63) is 0 Å². The zero-order valence-corrected chi connectivity index (χ0v) is 13.1. The topological polar surface area (TPSA) is 41.6 Å². The average Bonchev–Trinajstić information content (AvgIpc) is 2.90. The molecule has 2 bridgehead atoms. The molecule has 3 aliphatic rings. The molecule has 2 saturated carbocycles. The molecule has 3 atom stereocenters. The van der Waals surface area contributed by atoms with E-state index in [1.807, 2.05) is 4.90 Å². The average molecular weight is 280 g/mol. The lowest BCUT2D eigenvalue weighted by Gasteiger charge is -2.43. The molecular weight excluding hydrogens is 252 g/mol. The summed E-state index contributed by atoms with van der Waals surface area (Å²) in [7, 11) is 0. The molecule has 2 aliphatic carbocycles. The van der Waals surface area contributed by atoms with Gasteiger partial charge in [0.25, 0.3) is 0 Å². The summed E-state index contributed by atoms with van der Waals surface area (Å²) in [5, 5.41) is 3.61. The second-order valence-corrected chi connectivity index (χ2v) is 7.72. The van der Waals surface area contributed by atoms with E-state index in [-0.39, 0.29) is 5.91 Å². The maximum absolute atomic E-state index is 12.3. The Morgan fingerprint density at radius 1 is 1.30 bits per heavy atom. The number of fused-ring (bicyclic) bond motifs is 2. The summed E-state index contributed by atoms with van der Waals surface area (Å²) >= 11 is 0. The smallest absolute Gasteiger partial charge is 0.236 e. The van der Waals surface area contributed by atoms with E-state index < -0.39 is 0 Å². The van der Waals surface area contributed by atoms with Gasteiger partial charge in [-0.25, -0.2) is 0 Å². The summed E-state index contributed by atoms with van der Waals surface area (Å²) in [6, 6.07) is 0.471. The fourth-order valence-corrected chi connectivity index (χ4v) is 4.93. The lowest BCUT2D eigenvalue weighted by Crippen LogP contribution is -2.54. The Hall–Kier alpha value is -0.610. The molecule has 20 heavy (non-hydrogen) atoms. The van der Waals surface area contributed by atoms with Crippen LogP contribution < -0.4 is 5.32 Å². The molecular formula is C16H28N2O2. The second-order valence-electron chi connectivity index (χ2n) is 7.72. The van der Waals surface area contributed by atoms with Crippen molar-refractivity contribution in [2.45, 2.75) is 46.1 Å². The van der Waals surface area contributed by atoms with Gasteiger partial charge in [0, 0.05) is 19.1 Å². The monoisotopic (exact) mass is 280 g/mol. The lowest BCUT2D eigenvalue weighted by molar-refractivity contribution is -0.134. The normalized spacial score (nSPS) is 39.2. The van der Waals surface area contributed by atoms with Crippen molar-refractivity contribution in [1.82, 2.24) is 10.2 Å². The number of morpholine rings is 1. The molecule has 1 amide bonds. The van der Waals surface area contributed by atoms with Gasteiger partial charge in [0.05, 0.1) is 19.8 Å². The molecule has 3 rings (SSSR count). The highest BCUT2D eigenvalue weighted by atomic mass is 16.5. The molecule has 0 radical (unpaired) electrons. The van der Waals surface area contributed by atoms with E-state index in [1.165, 1.54) is 19.3 Å². The van der Waals surface area contributed by atoms with Gasteiger partial charge >= 0.3 is 0 Å². The van der Waals surface area contributed by atoms with Crippen LogP contribution in [0.15, 0.2) is 0 Å². The number of carbonyl (C=O) groups excluding carboxylic acids is 1. The third kappa shape index (κ3) is 2.27. The molecule has 4 nitrogen and oxygen atoms in total. The Morgan fingerprint density at radius 2 is 2.00 bits per heavy atom. The third-order valence-electron chi connectivity index (χ3n) is 6.09. The number of carbonyl (C=O) groups is 1. The largest absolute Gasteiger partial charge is 0.378 e. The van der Waals surface area contributed by atoms with Crippen molar-refractivity contribution < 1.29 is 9.53 Å². The third-order valence-corrected chi connectivity index (χ3v) is 6.09. The number of amides is 1. The van der Waals surface area contributed by atoms with E-state index in [0.29, 0.717) is 36.6 Å². The predicted octanol–water partition coefficient (Wildman–Crippen LogP) is 1.65. The molecule has 3 unspecified atom stereocenters. The molecule has 1 N–H and O–H groups in total. The highest BCUT2D eigenvalue weighted by Crippen LogP contribution is 2.62. The highest BCUT2D eigenvalue weighted by Gasteiger charge is 2.59. The van der Waals surface area contributed by atoms with Crippen LogP contribution in [0.3, 0.4) is 0 Å². The van der Waals surface area contributed by atoms with Crippen molar-refractivity contribution in [3.63, 3.8) is 0 Å². The number of hydrogen-bond acceptors (Lipinski definition) is 3. The van der Waals surface area contributed by atoms with E-state index in [0.717, 1.165) is 19.0 Å². The molecule has 0 aromatic rings. The Kier molecular flexibility index (Phi) is 3.57. The minimum atomic E-state index is 0.232. The summed E-state index contributed by atoms with van der Waals surface area (Å²) in [5.74, 6) is 1.05. The number of nitrogens with one attached hydrogen (secondary N) is 1. The quantitative estimate of drug-likeness (QED) is 0.854. The first-order valence-electron chi connectivity index (χ1n) is 8.02. The summed E-state index contributed by atoms with van der Waals surface area (Å²) in [4.78, 5) is 14.2. The van der Waals surface area contributed by atoms with Crippen LogP contribution in [0.2, 0.25) is 0 Å². The van der Waals surface area contributed by atoms with Crippen LogP contribution in [0.5, 0.6) is 0 Å². The predicted molar refractivity (Wildman–Crippen MR) is 78.4 cm³/mol. The van der Waals surface area contributed by atoms with Gasteiger partial charge in [-0.05, 0) is 36.0 Å². The van der Waals surface area contributed by atoms with Gasteiger partial charge in [-0.15, -0.1) is 0 Å².